The molecule has 1 unspecified atom stereocenters. The van der Waals surface area contributed by atoms with Crippen molar-refractivity contribution in [1.82, 2.24) is 25.2 Å². The van der Waals surface area contributed by atoms with Crippen LogP contribution in [0, 0.1) is 24.0 Å². The summed E-state index contributed by atoms with van der Waals surface area (Å²) in [4.78, 5) is 18.4. The van der Waals surface area contributed by atoms with Gasteiger partial charge in [0.15, 0.2) is 5.82 Å². The van der Waals surface area contributed by atoms with Gasteiger partial charge in [-0.3, -0.25) is 4.90 Å². The molecule has 4 fully saturated rings. The first-order chi connectivity index (χ1) is 21.3. The van der Waals surface area contributed by atoms with Crippen molar-refractivity contribution in [2.24, 2.45) is 0 Å². The van der Waals surface area contributed by atoms with Gasteiger partial charge in [0.05, 0.1) is 17.1 Å². The van der Waals surface area contributed by atoms with E-state index in [2.05, 4.69) is 37.6 Å². The van der Waals surface area contributed by atoms with E-state index in [1.54, 1.807) is 6.92 Å². The molecule has 5 aliphatic rings. The Kier molecular flexibility index (Phi) is 6.33. The zero-order valence-electron chi connectivity index (χ0n) is 24.5. The maximum Gasteiger partial charge on any atom is 0.319 e. The SMILES string of the molecule is C#Cc1c(F)ccc(=C)/c1=C(\C)c1nc2c3c(nc(OC[C@@]45CCCN4C[C@@H](F)C5)nc3c1F)N1CC3CC[C@H](N3)[C@@H]1CO2. The molecule has 2 bridgehead atoms. The number of alkyl halides is 1. The molecule has 0 radical (unpaired) electrons. The fourth-order valence-electron chi connectivity index (χ4n) is 8.19. The van der Waals surface area contributed by atoms with E-state index in [1.807, 2.05) is 0 Å². The molecule has 7 heterocycles. The summed E-state index contributed by atoms with van der Waals surface area (Å²) in [6, 6.07) is 3.17. The quantitative estimate of drug-likeness (QED) is 0.457. The van der Waals surface area contributed by atoms with Crippen LogP contribution in [0.1, 0.15) is 50.3 Å². The third-order valence-corrected chi connectivity index (χ3v) is 10.3. The molecule has 0 aliphatic carbocycles. The van der Waals surface area contributed by atoms with Gasteiger partial charge in [0.2, 0.25) is 5.88 Å². The van der Waals surface area contributed by atoms with Gasteiger partial charge in [0, 0.05) is 36.8 Å². The van der Waals surface area contributed by atoms with E-state index in [0.29, 0.717) is 53.3 Å². The standard InChI is InChI=1S/C33H33F3N6O2/c1-4-21-22(35)8-6-17(2)25(21)18(3)28-27(36)29-26-30(42-14-20-7-9-23(37-20)24(42)15-43-31(26)38-28)40-32(39-29)44-16-33-10-5-11-41(33)13-19(34)12-33/h1,6,8,19-20,23-24,37H,2,5,7,9-16H2,3H3/b25-18-/t19-,20?,23-,24-,33-/m0/s1. The Morgan fingerprint density at radius 2 is 2.11 bits per heavy atom. The number of hydrogen-bond acceptors (Lipinski definition) is 8. The van der Waals surface area contributed by atoms with Crippen molar-refractivity contribution in [2.75, 3.05) is 37.7 Å². The lowest BCUT2D eigenvalue weighted by Gasteiger charge is -2.40. The number of benzene rings is 1. The molecule has 8 rings (SSSR count). The molecule has 1 N–H and O–H groups in total. The Bertz CT molecular complexity index is 1860. The number of pyridine rings is 1. The van der Waals surface area contributed by atoms with E-state index in [1.165, 1.54) is 12.1 Å². The molecular weight excluding hydrogens is 569 g/mol. The molecule has 0 saturated carbocycles. The third kappa shape index (κ3) is 4.10. The van der Waals surface area contributed by atoms with E-state index in [0.717, 1.165) is 32.2 Å². The molecule has 5 atom stereocenters. The molecule has 11 heteroatoms. The minimum absolute atomic E-state index is 0.00396. The van der Waals surface area contributed by atoms with Gasteiger partial charge in [-0.05, 0) is 56.0 Å². The molecule has 0 amide bonds. The van der Waals surface area contributed by atoms with E-state index in [-0.39, 0.29) is 53.4 Å². The van der Waals surface area contributed by atoms with E-state index in [4.69, 9.17) is 20.9 Å². The van der Waals surface area contributed by atoms with Crippen molar-refractivity contribution < 1.29 is 22.6 Å². The molecule has 8 nitrogen and oxygen atoms in total. The van der Waals surface area contributed by atoms with Gasteiger partial charge in [-0.15, -0.1) is 6.42 Å². The number of hydrogen-bond donors (Lipinski definition) is 1. The lowest BCUT2D eigenvalue weighted by Crippen LogP contribution is -2.60. The number of anilines is 1. The van der Waals surface area contributed by atoms with Crippen LogP contribution < -0.4 is 30.1 Å². The van der Waals surface area contributed by atoms with Crippen molar-refractivity contribution in [3.63, 3.8) is 0 Å². The topological polar surface area (TPSA) is 75.6 Å². The molecule has 0 spiro atoms. The van der Waals surface area contributed by atoms with Gasteiger partial charge in [-0.1, -0.05) is 18.6 Å². The molecule has 1 aromatic carbocycles. The number of fused-ring (bicyclic) bond motifs is 6. The maximum absolute atomic E-state index is 16.8. The summed E-state index contributed by atoms with van der Waals surface area (Å²) >= 11 is 0. The smallest absolute Gasteiger partial charge is 0.319 e. The zero-order chi connectivity index (χ0) is 30.3. The second-order valence-corrected chi connectivity index (χ2v) is 12.8. The average Bonchev–Trinajstić information content (AvgIpc) is 3.65. The molecule has 228 valence electrons. The molecule has 3 aromatic rings. The number of aromatic nitrogens is 3. The summed E-state index contributed by atoms with van der Waals surface area (Å²) in [5, 5.41) is 4.78. The Morgan fingerprint density at radius 1 is 1.25 bits per heavy atom. The number of halogens is 3. The number of terminal acetylenes is 1. The number of ether oxygens (including phenoxy) is 2. The summed E-state index contributed by atoms with van der Waals surface area (Å²) in [6.07, 6.45) is 8.98. The summed E-state index contributed by atoms with van der Waals surface area (Å²) in [7, 11) is 0. The molecular formula is C33H33F3N6O2. The summed E-state index contributed by atoms with van der Waals surface area (Å²) < 4.78 is 58.6. The minimum Gasteiger partial charge on any atom is -0.475 e. The van der Waals surface area contributed by atoms with Crippen LogP contribution in [0.5, 0.6) is 11.9 Å². The van der Waals surface area contributed by atoms with Gasteiger partial charge < -0.3 is 19.7 Å². The number of nitrogens with zero attached hydrogens (tertiary/aromatic N) is 5. The van der Waals surface area contributed by atoms with Crippen LogP contribution in [0.15, 0.2) is 12.1 Å². The first-order valence-electron chi connectivity index (χ1n) is 15.3. The van der Waals surface area contributed by atoms with Crippen LogP contribution in [-0.4, -0.2) is 82.5 Å². The van der Waals surface area contributed by atoms with Gasteiger partial charge in [-0.25, -0.2) is 18.2 Å². The Labute approximate surface area is 253 Å². The first-order valence-corrected chi connectivity index (χ1v) is 15.3. The van der Waals surface area contributed by atoms with Crippen LogP contribution in [0.4, 0.5) is 19.0 Å². The van der Waals surface area contributed by atoms with Crippen LogP contribution in [0.2, 0.25) is 0 Å². The van der Waals surface area contributed by atoms with Crippen LogP contribution in [0.25, 0.3) is 23.1 Å². The van der Waals surface area contributed by atoms with Gasteiger partial charge >= 0.3 is 6.01 Å². The highest BCUT2D eigenvalue weighted by molar-refractivity contribution is 5.96. The zero-order valence-corrected chi connectivity index (χ0v) is 24.5. The largest absolute Gasteiger partial charge is 0.475 e. The van der Waals surface area contributed by atoms with E-state index in [9.17, 15) is 8.78 Å². The second kappa shape index (κ2) is 10.1. The van der Waals surface area contributed by atoms with Crippen LogP contribution in [0.3, 0.4) is 0 Å². The fraction of sp³-hybridized carbons (Fsp3) is 0.485. The highest BCUT2D eigenvalue weighted by Crippen LogP contribution is 2.43. The first kappa shape index (κ1) is 27.7. The average molecular weight is 603 g/mol. The van der Waals surface area contributed by atoms with Crippen LogP contribution in [-0.2, 0) is 0 Å². The Balaban J connectivity index is 1.32. The molecule has 4 saturated heterocycles. The van der Waals surface area contributed by atoms with Crippen molar-refractivity contribution in [3.8, 4) is 24.2 Å². The van der Waals surface area contributed by atoms with E-state index < -0.39 is 23.3 Å². The van der Waals surface area contributed by atoms with E-state index >= 15 is 4.39 Å². The van der Waals surface area contributed by atoms with Gasteiger partial charge in [0.1, 0.15) is 47.6 Å². The molecule has 5 aliphatic heterocycles. The highest BCUT2D eigenvalue weighted by Gasteiger charge is 2.50. The van der Waals surface area contributed by atoms with Crippen molar-refractivity contribution in [1.29, 1.82) is 0 Å². The molecule has 44 heavy (non-hydrogen) atoms. The van der Waals surface area contributed by atoms with Crippen molar-refractivity contribution >= 4 is 28.9 Å². The second-order valence-electron chi connectivity index (χ2n) is 12.8. The fourth-order valence-corrected chi connectivity index (χ4v) is 8.19. The monoisotopic (exact) mass is 602 g/mol. The van der Waals surface area contributed by atoms with Crippen molar-refractivity contribution in [2.45, 2.75) is 68.9 Å². The summed E-state index contributed by atoms with van der Waals surface area (Å²) in [6.45, 7) is 8.07. The van der Waals surface area contributed by atoms with Gasteiger partial charge in [-0.2, -0.15) is 9.97 Å². The van der Waals surface area contributed by atoms with Crippen LogP contribution >= 0.6 is 0 Å². The highest BCUT2D eigenvalue weighted by atomic mass is 19.1. The number of piperazine rings is 1. The maximum atomic E-state index is 16.8. The summed E-state index contributed by atoms with van der Waals surface area (Å²) in [5.74, 6) is 1.78. The van der Waals surface area contributed by atoms with Gasteiger partial charge in [0.25, 0.3) is 0 Å². The van der Waals surface area contributed by atoms with Crippen molar-refractivity contribution in [3.05, 3.63) is 45.5 Å². The predicted molar refractivity (Wildman–Crippen MR) is 160 cm³/mol. The Hall–Kier alpha value is -3.88. The third-order valence-electron chi connectivity index (χ3n) is 10.3. The normalized spacial score (nSPS) is 29.6. The number of nitrogens with one attached hydrogen (secondary N) is 1. The number of rotatable bonds is 4. The lowest BCUT2D eigenvalue weighted by atomic mass is 9.95. The Morgan fingerprint density at radius 3 is 2.95 bits per heavy atom. The predicted octanol–water partition coefficient (Wildman–Crippen LogP) is 2.57. The minimum atomic E-state index is -0.906. The molecule has 2 aromatic heterocycles. The summed E-state index contributed by atoms with van der Waals surface area (Å²) in [5.41, 5.74) is -0.191. The lowest BCUT2D eigenvalue weighted by molar-refractivity contribution is 0.107.